The van der Waals surface area contributed by atoms with Crippen molar-refractivity contribution >= 4 is 11.6 Å². The number of nitrogens with zero attached hydrogens (tertiary/aromatic N) is 4. The average Bonchev–Trinajstić information content (AvgIpc) is 3.47. The summed E-state index contributed by atoms with van der Waals surface area (Å²) in [4.78, 5) is 27.8. The molecular weight excluding hydrogens is 436 g/mol. The first-order valence-electron chi connectivity index (χ1n) is 11.6. The molecule has 2 aromatic heterocycles. The van der Waals surface area contributed by atoms with Gasteiger partial charge in [0.15, 0.2) is 5.76 Å². The van der Waals surface area contributed by atoms with Crippen molar-refractivity contribution in [3.05, 3.63) is 87.6 Å². The molecule has 9 heteroatoms. The van der Waals surface area contributed by atoms with Crippen LogP contribution in [0.3, 0.4) is 0 Å². The largest absolute Gasteiger partial charge is 0.455 e. The number of fused-ring (bicyclic) bond motifs is 1. The Bertz CT molecular complexity index is 1170. The van der Waals surface area contributed by atoms with E-state index in [1.165, 1.54) is 0 Å². The Morgan fingerprint density at radius 2 is 1.79 bits per heavy atom. The van der Waals surface area contributed by atoms with Gasteiger partial charge >= 0.3 is 0 Å². The van der Waals surface area contributed by atoms with Crippen LogP contribution in [0.5, 0.6) is 0 Å². The number of amides is 1. The van der Waals surface area contributed by atoms with Crippen LogP contribution in [0, 0.1) is 10.1 Å². The van der Waals surface area contributed by atoms with E-state index in [0.29, 0.717) is 31.2 Å². The maximum atomic E-state index is 13.0. The third kappa shape index (κ3) is 4.36. The number of hydrogen-bond donors (Lipinski definition) is 0. The summed E-state index contributed by atoms with van der Waals surface area (Å²) in [6.45, 7) is 7.17. The van der Waals surface area contributed by atoms with Crippen LogP contribution < -0.4 is 0 Å². The average molecular weight is 465 g/mol. The van der Waals surface area contributed by atoms with Crippen molar-refractivity contribution in [2.45, 2.75) is 45.2 Å². The molecule has 178 valence electrons. The van der Waals surface area contributed by atoms with E-state index < -0.39 is 0 Å². The zero-order valence-electron chi connectivity index (χ0n) is 19.3. The summed E-state index contributed by atoms with van der Waals surface area (Å²) in [5.74, 6) is 0.931. The monoisotopic (exact) mass is 464 g/mol. The molecular formula is C25H28N4O5. The third-order valence-electron chi connectivity index (χ3n) is 6.50. The van der Waals surface area contributed by atoms with Crippen LogP contribution in [0.2, 0.25) is 0 Å². The minimum atomic E-state index is -0.386. The minimum Gasteiger partial charge on any atom is -0.455 e. The molecule has 4 heterocycles. The van der Waals surface area contributed by atoms with E-state index in [2.05, 4.69) is 21.7 Å². The smallest absolute Gasteiger partial charge is 0.289 e. The summed E-state index contributed by atoms with van der Waals surface area (Å²) < 4.78 is 13.9. The van der Waals surface area contributed by atoms with E-state index in [1.54, 1.807) is 23.1 Å². The first-order chi connectivity index (χ1) is 16.4. The Balaban J connectivity index is 1.36. The van der Waals surface area contributed by atoms with E-state index in [-0.39, 0.29) is 34.8 Å². The highest BCUT2D eigenvalue weighted by Gasteiger charge is 2.31. The van der Waals surface area contributed by atoms with Gasteiger partial charge in [0.2, 0.25) is 0 Å². The highest BCUT2D eigenvalue weighted by Crippen LogP contribution is 2.34. The molecule has 3 atom stereocenters. The van der Waals surface area contributed by atoms with Gasteiger partial charge in [-0.15, -0.1) is 0 Å². The summed E-state index contributed by atoms with van der Waals surface area (Å²) in [7, 11) is 0. The molecule has 0 saturated carbocycles. The van der Waals surface area contributed by atoms with Crippen LogP contribution in [-0.4, -0.2) is 57.0 Å². The molecule has 1 amide bonds. The molecule has 2 aliphatic rings. The molecule has 0 bridgehead atoms. The minimum absolute atomic E-state index is 0.00539. The molecule has 5 rings (SSSR count). The summed E-state index contributed by atoms with van der Waals surface area (Å²) >= 11 is 0. The zero-order valence-corrected chi connectivity index (χ0v) is 19.3. The normalized spacial score (nSPS) is 23.0. The van der Waals surface area contributed by atoms with E-state index in [9.17, 15) is 14.9 Å². The van der Waals surface area contributed by atoms with Crippen molar-refractivity contribution in [3.63, 3.8) is 0 Å². The lowest BCUT2D eigenvalue weighted by atomic mass is 9.99. The van der Waals surface area contributed by atoms with Crippen molar-refractivity contribution in [2.24, 2.45) is 0 Å². The Morgan fingerprint density at radius 3 is 2.50 bits per heavy atom. The van der Waals surface area contributed by atoms with E-state index >= 15 is 0 Å². The van der Waals surface area contributed by atoms with Crippen molar-refractivity contribution in [3.8, 4) is 0 Å². The predicted molar refractivity (Wildman–Crippen MR) is 124 cm³/mol. The Morgan fingerprint density at radius 1 is 1.06 bits per heavy atom. The van der Waals surface area contributed by atoms with Gasteiger partial charge in [-0.05, 0) is 43.7 Å². The fraction of sp³-hybridized carbons (Fsp3) is 0.400. The number of furan rings is 1. The lowest BCUT2D eigenvalue weighted by molar-refractivity contribution is -0.384. The van der Waals surface area contributed by atoms with Crippen LogP contribution >= 0.6 is 0 Å². The number of non-ortho nitro benzene ring substituents is 1. The van der Waals surface area contributed by atoms with Crippen LogP contribution in [0.4, 0.5) is 5.69 Å². The molecule has 0 aliphatic carbocycles. The maximum absolute atomic E-state index is 13.0. The summed E-state index contributed by atoms with van der Waals surface area (Å²) in [5, 5.41) is 11.1. The molecule has 3 aromatic rings. The van der Waals surface area contributed by atoms with Gasteiger partial charge in [-0.3, -0.25) is 19.8 Å². The molecule has 0 radical (unpaired) electrons. The molecule has 3 unspecified atom stereocenters. The number of nitro benzene ring substituents is 1. The predicted octanol–water partition coefficient (Wildman–Crippen LogP) is 3.84. The Hall–Kier alpha value is -3.43. The van der Waals surface area contributed by atoms with Gasteiger partial charge in [0, 0.05) is 50.2 Å². The van der Waals surface area contributed by atoms with Gasteiger partial charge in [-0.1, -0.05) is 12.1 Å². The number of carbonyl (C=O) groups is 1. The first-order valence-corrected chi connectivity index (χ1v) is 11.6. The molecule has 9 nitrogen and oxygen atoms in total. The van der Waals surface area contributed by atoms with Gasteiger partial charge in [0.25, 0.3) is 11.6 Å². The Kier molecular flexibility index (Phi) is 5.97. The van der Waals surface area contributed by atoms with Crippen LogP contribution in [-0.2, 0) is 17.8 Å². The number of hydrogen-bond acceptors (Lipinski definition) is 6. The Labute approximate surface area is 197 Å². The van der Waals surface area contributed by atoms with Gasteiger partial charge < -0.3 is 18.6 Å². The lowest BCUT2D eigenvalue weighted by Crippen LogP contribution is -2.48. The van der Waals surface area contributed by atoms with Crippen molar-refractivity contribution in [2.75, 3.05) is 19.6 Å². The SMILES string of the molecule is CC1CN(C(=O)c2ccc(CN3CCn4cccc4C3c3ccc([N+](=O)[O-])cc3)o2)CC(C)O1. The summed E-state index contributed by atoms with van der Waals surface area (Å²) in [5.41, 5.74) is 2.17. The van der Waals surface area contributed by atoms with E-state index in [4.69, 9.17) is 9.15 Å². The first kappa shape index (κ1) is 22.4. The molecule has 1 fully saturated rings. The number of nitro groups is 1. The fourth-order valence-corrected chi connectivity index (χ4v) is 5.04. The molecule has 2 aliphatic heterocycles. The topological polar surface area (TPSA) is 94.0 Å². The standard InChI is InChI=1S/C25H28N4O5/c1-17-14-28(15-18(2)33-17)25(30)23-10-9-21(34-23)16-27-13-12-26-11-3-4-22(26)24(27)19-5-7-20(8-6-19)29(31)32/h3-11,17-18,24H,12-16H2,1-2H3. The number of ether oxygens (including phenoxy) is 1. The summed E-state index contributed by atoms with van der Waals surface area (Å²) in [6, 6.07) is 14.4. The second kappa shape index (κ2) is 9.08. The molecule has 1 aromatic carbocycles. The van der Waals surface area contributed by atoms with Crippen molar-refractivity contribution < 1.29 is 18.9 Å². The summed E-state index contributed by atoms with van der Waals surface area (Å²) in [6.07, 6.45) is 2.04. The van der Waals surface area contributed by atoms with Crippen LogP contribution in [0.1, 0.15) is 47.5 Å². The van der Waals surface area contributed by atoms with Crippen molar-refractivity contribution in [1.82, 2.24) is 14.4 Å². The van der Waals surface area contributed by atoms with Gasteiger partial charge in [0.1, 0.15) is 5.76 Å². The number of carbonyl (C=O) groups excluding carboxylic acids is 1. The number of benzene rings is 1. The molecule has 0 spiro atoms. The molecule has 34 heavy (non-hydrogen) atoms. The van der Waals surface area contributed by atoms with Gasteiger partial charge in [0.05, 0.1) is 29.7 Å². The highest BCUT2D eigenvalue weighted by molar-refractivity contribution is 5.91. The highest BCUT2D eigenvalue weighted by atomic mass is 16.6. The fourth-order valence-electron chi connectivity index (χ4n) is 5.04. The van der Waals surface area contributed by atoms with Gasteiger partial charge in [-0.2, -0.15) is 0 Å². The van der Waals surface area contributed by atoms with E-state index in [1.807, 2.05) is 38.1 Å². The second-order valence-electron chi connectivity index (χ2n) is 9.08. The quantitative estimate of drug-likeness (QED) is 0.421. The van der Waals surface area contributed by atoms with E-state index in [0.717, 1.165) is 24.3 Å². The second-order valence-corrected chi connectivity index (χ2v) is 9.08. The van der Waals surface area contributed by atoms with Gasteiger partial charge in [-0.25, -0.2) is 0 Å². The number of aromatic nitrogens is 1. The van der Waals surface area contributed by atoms with Crippen LogP contribution in [0.25, 0.3) is 0 Å². The number of morpholine rings is 1. The number of rotatable bonds is 5. The third-order valence-corrected chi connectivity index (χ3v) is 6.50. The zero-order chi connectivity index (χ0) is 23.8. The molecule has 0 N–H and O–H groups in total. The maximum Gasteiger partial charge on any atom is 0.289 e. The van der Waals surface area contributed by atoms with Crippen molar-refractivity contribution in [1.29, 1.82) is 0 Å². The molecule has 1 saturated heterocycles. The van der Waals surface area contributed by atoms with Crippen LogP contribution in [0.15, 0.2) is 59.1 Å². The lowest BCUT2D eigenvalue weighted by Gasteiger charge is -2.36.